The Morgan fingerprint density at radius 3 is 2.72 bits per heavy atom. The smallest absolute Gasteiger partial charge is 0.257 e. The van der Waals surface area contributed by atoms with Crippen LogP contribution >= 0.6 is 22.9 Å². The third-order valence-corrected chi connectivity index (χ3v) is 6.74. The number of aromatic nitrogens is 1. The molecule has 0 radical (unpaired) electrons. The van der Waals surface area contributed by atoms with Crippen LogP contribution in [0, 0.1) is 0 Å². The second-order valence-corrected chi connectivity index (χ2v) is 9.72. The SMILES string of the molecule is CCCS(=O)(=O)Nc1cccc(C(=O)Nc2ncc(Cc3ccccc3Cl)s2)c1. The summed E-state index contributed by atoms with van der Waals surface area (Å²) in [7, 11) is -3.42. The van der Waals surface area contributed by atoms with Crippen molar-refractivity contribution in [3.05, 3.63) is 75.8 Å². The Bertz CT molecular complexity index is 1110. The Kier molecular flexibility index (Phi) is 6.89. The summed E-state index contributed by atoms with van der Waals surface area (Å²) in [5, 5.41) is 3.91. The molecule has 2 aromatic carbocycles. The van der Waals surface area contributed by atoms with Crippen molar-refractivity contribution >= 4 is 49.7 Å². The van der Waals surface area contributed by atoms with E-state index in [1.807, 2.05) is 24.3 Å². The van der Waals surface area contributed by atoms with Crippen LogP contribution in [0.1, 0.15) is 34.1 Å². The van der Waals surface area contributed by atoms with Crippen LogP contribution in [0.2, 0.25) is 5.02 Å². The number of carbonyl (C=O) groups excluding carboxylic acids is 1. The van der Waals surface area contributed by atoms with Crippen LogP contribution in [0.4, 0.5) is 10.8 Å². The van der Waals surface area contributed by atoms with Gasteiger partial charge in [0.05, 0.1) is 5.75 Å². The van der Waals surface area contributed by atoms with E-state index in [9.17, 15) is 13.2 Å². The van der Waals surface area contributed by atoms with Gasteiger partial charge in [-0.1, -0.05) is 42.8 Å². The predicted octanol–water partition coefficient (Wildman–Crippen LogP) is 4.79. The fourth-order valence-electron chi connectivity index (χ4n) is 2.67. The summed E-state index contributed by atoms with van der Waals surface area (Å²) in [6.07, 6.45) is 2.84. The van der Waals surface area contributed by atoms with Crippen molar-refractivity contribution in [3.63, 3.8) is 0 Å². The van der Waals surface area contributed by atoms with Gasteiger partial charge < -0.3 is 0 Å². The molecule has 152 valence electrons. The molecular formula is C20H20ClN3O3S2. The Labute approximate surface area is 179 Å². The van der Waals surface area contributed by atoms with Crippen LogP contribution in [0.15, 0.2) is 54.7 Å². The summed E-state index contributed by atoms with van der Waals surface area (Å²) < 4.78 is 26.3. The van der Waals surface area contributed by atoms with Crippen LogP contribution < -0.4 is 10.0 Å². The number of thiazole rings is 1. The molecule has 0 fully saturated rings. The molecule has 1 aromatic heterocycles. The summed E-state index contributed by atoms with van der Waals surface area (Å²) in [5.74, 6) is -0.336. The fourth-order valence-corrected chi connectivity index (χ4v) is 4.83. The van der Waals surface area contributed by atoms with Crippen molar-refractivity contribution in [3.8, 4) is 0 Å². The maximum Gasteiger partial charge on any atom is 0.257 e. The number of halogens is 1. The highest BCUT2D eigenvalue weighted by Crippen LogP contribution is 2.25. The number of carbonyl (C=O) groups is 1. The number of rotatable bonds is 8. The maximum atomic E-state index is 12.5. The first-order valence-corrected chi connectivity index (χ1v) is 11.8. The van der Waals surface area contributed by atoms with E-state index in [1.165, 1.54) is 17.4 Å². The molecule has 0 atom stereocenters. The number of benzene rings is 2. The van der Waals surface area contributed by atoms with Crippen molar-refractivity contribution in [1.82, 2.24) is 4.98 Å². The largest absolute Gasteiger partial charge is 0.298 e. The Hall–Kier alpha value is -2.42. The first-order valence-electron chi connectivity index (χ1n) is 8.96. The van der Waals surface area contributed by atoms with E-state index in [-0.39, 0.29) is 11.7 Å². The van der Waals surface area contributed by atoms with E-state index in [4.69, 9.17) is 11.6 Å². The molecule has 1 heterocycles. The standard InChI is InChI=1S/C20H20ClN3O3S2/c1-2-10-29(26,27)24-16-8-5-7-15(11-16)19(25)23-20-22-13-17(28-20)12-14-6-3-4-9-18(14)21/h3-9,11,13,24H,2,10,12H2,1H3,(H,22,23,25). The van der Waals surface area contributed by atoms with Crippen molar-refractivity contribution in [2.45, 2.75) is 19.8 Å². The second-order valence-electron chi connectivity index (χ2n) is 6.36. The van der Waals surface area contributed by atoms with Gasteiger partial charge in [0.2, 0.25) is 10.0 Å². The summed E-state index contributed by atoms with van der Waals surface area (Å²) in [4.78, 5) is 17.7. The second kappa shape index (κ2) is 9.39. The van der Waals surface area contributed by atoms with E-state index in [0.29, 0.717) is 34.2 Å². The van der Waals surface area contributed by atoms with E-state index in [0.717, 1.165) is 10.4 Å². The lowest BCUT2D eigenvalue weighted by Gasteiger charge is -2.08. The van der Waals surface area contributed by atoms with Gasteiger partial charge in [-0.05, 0) is 36.2 Å². The minimum atomic E-state index is -3.42. The maximum absolute atomic E-state index is 12.5. The van der Waals surface area contributed by atoms with E-state index >= 15 is 0 Å². The van der Waals surface area contributed by atoms with Gasteiger partial charge in [-0.3, -0.25) is 14.8 Å². The van der Waals surface area contributed by atoms with Crippen LogP contribution in [0.3, 0.4) is 0 Å². The molecule has 0 aliphatic carbocycles. The average Bonchev–Trinajstić information content (AvgIpc) is 3.10. The molecule has 3 aromatic rings. The van der Waals surface area contributed by atoms with Crippen LogP contribution in [-0.2, 0) is 16.4 Å². The quantitative estimate of drug-likeness (QED) is 0.517. The van der Waals surface area contributed by atoms with E-state index in [2.05, 4.69) is 15.0 Å². The van der Waals surface area contributed by atoms with Gasteiger partial charge in [0.15, 0.2) is 5.13 Å². The Morgan fingerprint density at radius 2 is 1.97 bits per heavy atom. The van der Waals surface area contributed by atoms with Gasteiger partial charge >= 0.3 is 0 Å². The molecule has 0 saturated heterocycles. The number of hydrogen-bond donors (Lipinski definition) is 2. The third-order valence-electron chi connectivity index (χ3n) is 3.97. The summed E-state index contributed by atoms with van der Waals surface area (Å²) >= 11 is 7.56. The minimum Gasteiger partial charge on any atom is -0.298 e. The van der Waals surface area contributed by atoms with Crippen molar-refractivity contribution in [1.29, 1.82) is 0 Å². The van der Waals surface area contributed by atoms with Crippen molar-refractivity contribution in [2.75, 3.05) is 15.8 Å². The van der Waals surface area contributed by atoms with Crippen molar-refractivity contribution < 1.29 is 13.2 Å². The third kappa shape index (κ3) is 6.03. The highest BCUT2D eigenvalue weighted by Gasteiger charge is 2.13. The lowest BCUT2D eigenvalue weighted by atomic mass is 10.1. The van der Waals surface area contributed by atoms with E-state index < -0.39 is 10.0 Å². The zero-order valence-electron chi connectivity index (χ0n) is 15.7. The molecule has 9 heteroatoms. The van der Waals surface area contributed by atoms with Crippen LogP contribution in [0.5, 0.6) is 0 Å². The lowest BCUT2D eigenvalue weighted by Crippen LogP contribution is -2.17. The molecule has 0 aliphatic heterocycles. The minimum absolute atomic E-state index is 0.0246. The van der Waals surface area contributed by atoms with Gasteiger partial charge in [-0.2, -0.15) is 0 Å². The number of nitrogens with zero attached hydrogens (tertiary/aromatic N) is 1. The Morgan fingerprint density at radius 1 is 1.17 bits per heavy atom. The molecule has 1 amide bonds. The molecule has 0 saturated carbocycles. The molecule has 3 rings (SSSR count). The molecule has 2 N–H and O–H groups in total. The zero-order valence-corrected chi connectivity index (χ0v) is 18.1. The normalized spacial score (nSPS) is 11.2. The fraction of sp³-hybridized carbons (Fsp3) is 0.200. The summed E-state index contributed by atoms with van der Waals surface area (Å²) in [6.45, 7) is 1.79. The van der Waals surface area contributed by atoms with Gasteiger partial charge in [0.25, 0.3) is 5.91 Å². The number of nitrogens with one attached hydrogen (secondary N) is 2. The summed E-state index contributed by atoms with van der Waals surface area (Å²) in [6, 6.07) is 13.9. The summed E-state index contributed by atoms with van der Waals surface area (Å²) in [5.41, 5.74) is 1.68. The predicted molar refractivity (Wildman–Crippen MR) is 118 cm³/mol. The first-order chi connectivity index (χ1) is 13.9. The number of amides is 1. The lowest BCUT2D eigenvalue weighted by molar-refractivity contribution is 0.102. The van der Waals surface area contributed by atoms with Gasteiger partial charge in [0.1, 0.15) is 0 Å². The van der Waals surface area contributed by atoms with Gasteiger partial charge in [-0.25, -0.2) is 13.4 Å². The Balaban J connectivity index is 1.67. The molecule has 0 spiro atoms. The topological polar surface area (TPSA) is 88.2 Å². The molecule has 29 heavy (non-hydrogen) atoms. The monoisotopic (exact) mass is 449 g/mol. The van der Waals surface area contributed by atoms with Gasteiger partial charge in [-0.15, -0.1) is 11.3 Å². The number of sulfonamides is 1. The van der Waals surface area contributed by atoms with Crippen molar-refractivity contribution in [2.24, 2.45) is 0 Å². The first kappa shape index (κ1) is 21.3. The molecular weight excluding hydrogens is 430 g/mol. The highest BCUT2D eigenvalue weighted by atomic mass is 35.5. The molecule has 0 unspecified atom stereocenters. The highest BCUT2D eigenvalue weighted by molar-refractivity contribution is 7.92. The zero-order chi connectivity index (χ0) is 20.9. The molecule has 0 bridgehead atoms. The molecule has 0 aliphatic rings. The van der Waals surface area contributed by atoms with E-state index in [1.54, 1.807) is 31.3 Å². The number of hydrogen-bond acceptors (Lipinski definition) is 5. The van der Waals surface area contributed by atoms with Crippen LogP contribution in [0.25, 0.3) is 0 Å². The molecule has 6 nitrogen and oxygen atoms in total. The van der Waals surface area contributed by atoms with Crippen LogP contribution in [-0.4, -0.2) is 25.1 Å². The van der Waals surface area contributed by atoms with Gasteiger partial charge in [0, 0.05) is 33.8 Å². The average molecular weight is 450 g/mol. The number of anilines is 2.